The van der Waals surface area contributed by atoms with Crippen LogP contribution in [0.1, 0.15) is 17.0 Å². The average Bonchev–Trinajstić information content (AvgIpc) is 2.59. The SMILES string of the molecule is Cc1cc(/C=N/O)c(C)n1-c1ccc(Cl)c(Cl)c1. The molecule has 1 aromatic heterocycles. The lowest BCUT2D eigenvalue weighted by Crippen LogP contribution is -1.99. The van der Waals surface area contributed by atoms with Gasteiger partial charge in [-0.25, -0.2) is 0 Å². The smallest absolute Gasteiger partial charge is 0.0752 e. The minimum atomic E-state index is 0.513. The van der Waals surface area contributed by atoms with E-state index in [1.165, 1.54) is 6.21 Å². The van der Waals surface area contributed by atoms with E-state index in [0.717, 1.165) is 22.6 Å². The quantitative estimate of drug-likeness (QED) is 0.500. The molecule has 1 N–H and O–H groups in total. The molecular formula is C13H12Cl2N2O. The number of oxime groups is 1. The Morgan fingerprint density at radius 3 is 2.50 bits per heavy atom. The zero-order valence-corrected chi connectivity index (χ0v) is 11.5. The van der Waals surface area contributed by atoms with Crippen molar-refractivity contribution in [1.29, 1.82) is 0 Å². The van der Waals surface area contributed by atoms with Crippen molar-refractivity contribution in [3.8, 4) is 5.69 Å². The van der Waals surface area contributed by atoms with E-state index in [1.54, 1.807) is 6.07 Å². The van der Waals surface area contributed by atoms with E-state index < -0.39 is 0 Å². The third kappa shape index (κ3) is 2.24. The molecule has 0 fully saturated rings. The Morgan fingerprint density at radius 2 is 1.89 bits per heavy atom. The van der Waals surface area contributed by atoms with Crippen LogP contribution in [0.25, 0.3) is 5.69 Å². The highest BCUT2D eigenvalue weighted by Crippen LogP contribution is 2.27. The predicted molar refractivity (Wildman–Crippen MR) is 74.6 cm³/mol. The number of halogens is 2. The van der Waals surface area contributed by atoms with Crippen LogP contribution in [0.2, 0.25) is 10.0 Å². The van der Waals surface area contributed by atoms with Crippen molar-refractivity contribution in [3.63, 3.8) is 0 Å². The van der Waals surface area contributed by atoms with Gasteiger partial charge in [-0.1, -0.05) is 28.4 Å². The molecule has 0 unspecified atom stereocenters. The van der Waals surface area contributed by atoms with Gasteiger partial charge in [0.25, 0.3) is 0 Å². The Labute approximate surface area is 115 Å². The minimum absolute atomic E-state index is 0.513. The second-order valence-corrected chi connectivity index (χ2v) is 4.82. The van der Waals surface area contributed by atoms with E-state index >= 15 is 0 Å². The fourth-order valence-corrected chi connectivity index (χ4v) is 2.29. The van der Waals surface area contributed by atoms with Crippen LogP contribution in [0.5, 0.6) is 0 Å². The summed E-state index contributed by atoms with van der Waals surface area (Å²) in [5.74, 6) is 0. The zero-order valence-electron chi connectivity index (χ0n) is 9.98. The third-order valence-electron chi connectivity index (χ3n) is 2.83. The van der Waals surface area contributed by atoms with Crippen molar-refractivity contribution >= 4 is 29.4 Å². The fourth-order valence-electron chi connectivity index (χ4n) is 2.00. The van der Waals surface area contributed by atoms with Gasteiger partial charge in [-0.2, -0.15) is 0 Å². The molecule has 0 atom stereocenters. The first-order valence-electron chi connectivity index (χ1n) is 5.36. The number of hydrogen-bond donors (Lipinski definition) is 1. The summed E-state index contributed by atoms with van der Waals surface area (Å²) in [6.07, 6.45) is 1.41. The van der Waals surface area contributed by atoms with E-state index in [4.69, 9.17) is 28.4 Å². The topological polar surface area (TPSA) is 37.5 Å². The number of rotatable bonds is 2. The van der Waals surface area contributed by atoms with Crippen molar-refractivity contribution in [2.24, 2.45) is 5.16 Å². The molecule has 2 rings (SSSR count). The number of hydrogen-bond acceptors (Lipinski definition) is 2. The van der Waals surface area contributed by atoms with Crippen molar-refractivity contribution in [3.05, 3.63) is 51.3 Å². The highest BCUT2D eigenvalue weighted by Gasteiger charge is 2.10. The lowest BCUT2D eigenvalue weighted by atomic mass is 10.2. The maximum absolute atomic E-state index is 8.62. The molecule has 0 aliphatic rings. The fraction of sp³-hybridized carbons (Fsp3) is 0.154. The summed E-state index contributed by atoms with van der Waals surface area (Å²) < 4.78 is 2.03. The first kappa shape index (κ1) is 13.0. The van der Waals surface area contributed by atoms with E-state index in [-0.39, 0.29) is 0 Å². The normalized spacial score (nSPS) is 11.3. The summed E-state index contributed by atoms with van der Waals surface area (Å²) in [5.41, 5.74) is 3.79. The molecule has 3 nitrogen and oxygen atoms in total. The van der Waals surface area contributed by atoms with Gasteiger partial charge in [0.1, 0.15) is 0 Å². The lowest BCUT2D eigenvalue weighted by molar-refractivity contribution is 0.322. The molecule has 0 aliphatic heterocycles. The molecule has 0 amide bonds. The van der Waals surface area contributed by atoms with Gasteiger partial charge in [-0.05, 0) is 38.1 Å². The van der Waals surface area contributed by atoms with Crippen molar-refractivity contribution < 1.29 is 5.21 Å². The van der Waals surface area contributed by atoms with Gasteiger partial charge in [0, 0.05) is 22.6 Å². The van der Waals surface area contributed by atoms with E-state index in [9.17, 15) is 0 Å². The Kier molecular flexibility index (Phi) is 3.64. The highest BCUT2D eigenvalue weighted by molar-refractivity contribution is 6.42. The standard InChI is InChI=1S/C13H12Cl2N2O/c1-8-5-10(7-16-18)9(2)17(8)11-3-4-12(14)13(15)6-11/h3-7,18H,1-2H3/b16-7+. The van der Waals surface area contributed by atoms with Crippen molar-refractivity contribution in [2.75, 3.05) is 0 Å². The first-order chi connectivity index (χ1) is 8.54. The number of aromatic nitrogens is 1. The summed E-state index contributed by atoms with van der Waals surface area (Å²) in [4.78, 5) is 0. The molecule has 0 saturated heterocycles. The number of aryl methyl sites for hydroxylation is 1. The van der Waals surface area contributed by atoms with E-state index in [2.05, 4.69) is 5.16 Å². The number of benzene rings is 1. The maximum Gasteiger partial charge on any atom is 0.0752 e. The predicted octanol–water partition coefficient (Wildman–Crippen LogP) is 4.21. The van der Waals surface area contributed by atoms with Gasteiger partial charge in [0.2, 0.25) is 0 Å². The lowest BCUT2D eigenvalue weighted by Gasteiger charge is -2.10. The summed E-state index contributed by atoms with van der Waals surface area (Å²) in [7, 11) is 0. The highest BCUT2D eigenvalue weighted by atomic mass is 35.5. The average molecular weight is 283 g/mol. The summed E-state index contributed by atoms with van der Waals surface area (Å²) in [6.45, 7) is 3.93. The van der Waals surface area contributed by atoms with Crippen LogP contribution in [0.15, 0.2) is 29.4 Å². The summed E-state index contributed by atoms with van der Waals surface area (Å²) in [6, 6.07) is 7.41. The summed E-state index contributed by atoms with van der Waals surface area (Å²) >= 11 is 11.9. The van der Waals surface area contributed by atoms with Crippen LogP contribution in [0, 0.1) is 13.8 Å². The van der Waals surface area contributed by atoms with Crippen LogP contribution in [0.4, 0.5) is 0 Å². The molecular weight excluding hydrogens is 271 g/mol. The first-order valence-corrected chi connectivity index (χ1v) is 6.12. The van der Waals surface area contributed by atoms with Crippen LogP contribution >= 0.6 is 23.2 Å². The monoisotopic (exact) mass is 282 g/mol. The molecule has 2 aromatic rings. The van der Waals surface area contributed by atoms with Gasteiger partial charge in [-0.3, -0.25) is 0 Å². The molecule has 94 valence electrons. The molecule has 0 aliphatic carbocycles. The van der Waals surface area contributed by atoms with Gasteiger partial charge >= 0.3 is 0 Å². The van der Waals surface area contributed by atoms with Crippen molar-refractivity contribution in [1.82, 2.24) is 4.57 Å². The summed E-state index contributed by atoms with van der Waals surface area (Å²) in [5, 5.41) is 12.7. The largest absolute Gasteiger partial charge is 0.411 e. The van der Waals surface area contributed by atoms with Gasteiger partial charge in [0.05, 0.1) is 16.3 Å². The van der Waals surface area contributed by atoms with E-state index in [0.29, 0.717) is 10.0 Å². The zero-order chi connectivity index (χ0) is 13.3. The minimum Gasteiger partial charge on any atom is -0.411 e. The van der Waals surface area contributed by atoms with Crippen LogP contribution in [-0.2, 0) is 0 Å². The molecule has 0 spiro atoms. The molecule has 0 saturated carbocycles. The second kappa shape index (κ2) is 5.04. The van der Waals surface area contributed by atoms with Gasteiger partial charge in [0.15, 0.2) is 0 Å². The molecule has 1 aromatic carbocycles. The second-order valence-electron chi connectivity index (χ2n) is 4.00. The van der Waals surface area contributed by atoms with Crippen LogP contribution < -0.4 is 0 Å². The third-order valence-corrected chi connectivity index (χ3v) is 3.57. The van der Waals surface area contributed by atoms with Gasteiger partial charge in [-0.15, -0.1) is 0 Å². The molecule has 5 heteroatoms. The molecule has 0 bridgehead atoms. The van der Waals surface area contributed by atoms with Crippen LogP contribution in [-0.4, -0.2) is 16.0 Å². The maximum atomic E-state index is 8.62. The number of nitrogens with zero attached hydrogens (tertiary/aromatic N) is 2. The Balaban J connectivity index is 2.60. The van der Waals surface area contributed by atoms with E-state index in [1.807, 2.05) is 36.6 Å². The Hall–Kier alpha value is -1.45. The molecule has 18 heavy (non-hydrogen) atoms. The van der Waals surface area contributed by atoms with Gasteiger partial charge < -0.3 is 9.77 Å². The molecule has 1 heterocycles. The van der Waals surface area contributed by atoms with Crippen LogP contribution in [0.3, 0.4) is 0 Å². The molecule has 0 radical (unpaired) electrons. The Bertz CT molecular complexity index is 618. The Morgan fingerprint density at radius 1 is 1.17 bits per heavy atom. The van der Waals surface area contributed by atoms with Crippen molar-refractivity contribution in [2.45, 2.75) is 13.8 Å².